The third kappa shape index (κ3) is 2.89. The van der Waals surface area contributed by atoms with Crippen LogP contribution in [0.2, 0.25) is 0 Å². The molecule has 0 spiro atoms. The van der Waals surface area contributed by atoms with Crippen molar-refractivity contribution in [1.29, 1.82) is 0 Å². The van der Waals surface area contributed by atoms with Gasteiger partial charge in [0.05, 0.1) is 18.6 Å². The van der Waals surface area contributed by atoms with Gasteiger partial charge in [-0.3, -0.25) is 4.79 Å². The van der Waals surface area contributed by atoms with E-state index in [2.05, 4.69) is 11.4 Å². The number of aliphatic hydroxyl groups excluding tert-OH is 2. The van der Waals surface area contributed by atoms with Gasteiger partial charge in [0.15, 0.2) is 11.1 Å². The molecule has 3 aliphatic rings. The maximum atomic E-state index is 12.5. The predicted octanol–water partition coefficient (Wildman–Crippen LogP) is 1.45. The number of hydrogen-bond donors (Lipinski definition) is 3. The van der Waals surface area contributed by atoms with Crippen LogP contribution in [0.4, 0.5) is 0 Å². The highest BCUT2D eigenvalue weighted by atomic mass is 16.6. The molecule has 6 heteroatoms. The lowest BCUT2D eigenvalue weighted by atomic mass is 9.62. The second-order valence-corrected chi connectivity index (χ2v) is 7.91. The molecule has 0 aromatic carbocycles. The number of ether oxygens (including phenoxy) is 1. The molecule has 2 fully saturated rings. The molecule has 0 bridgehead atoms. The summed E-state index contributed by atoms with van der Waals surface area (Å²) in [5, 5.41) is 24.0. The fourth-order valence-corrected chi connectivity index (χ4v) is 4.74. The molecule has 6 atom stereocenters. The van der Waals surface area contributed by atoms with E-state index in [1.54, 1.807) is 6.92 Å². The molecule has 6 nitrogen and oxygen atoms in total. The zero-order valence-electron chi connectivity index (χ0n) is 15.0. The van der Waals surface area contributed by atoms with Crippen LogP contribution >= 0.6 is 0 Å². The Hall–Kier alpha value is -1.40. The van der Waals surface area contributed by atoms with E-state index in [4.69, 9.17) is 4.74 Å². The van der Waals surface area contributed by atoms with Crippen molar-refractivity contribution in [3.8, 4) is 0 Å². The summed E-state index contributed by atoms with van der Waals surface area (Å²) in [7, 11) is 0. The van der Waals surface area contributed by atoms with E-state index in [1.165, 1.54) is 0 Å². The largest absolute Gasteiger partial charge is 0.454 e. The van der Waals surface area contributed by atoms with Crippen molar-refractivity contribution in [3.05, 3.63) is 12.2 Å². The minimum atomic E-state index is -1.18. The molecule has 1 amide bonds. The van der Waals surface area contributed by atoms with Crippen molar-refractivity contribution < 1.29 is 24.5 Å². The van der Waals surface area contributed by atoms with Gasteiger partial charge >= 0.3 is 5.97 Å². The highest BCUT2D eigenvalue weighted by Crippen LogP contribution is 2.52. The molecule has 0 radical (unpaired) electrons. The average Bonchev–Trinajstić information content (AvgIpc) is 2.81. The summed E-state index contributed by atoms with van der Waals surface area (Å²) in [6, 6.07) is 0. The Labute approximate surface area is 148 Å². The quantitative estimate of drug-likeness (QED) is 0.476. The van der Waals surface area contributed by atoms with E-state index in [0.717, 1.165) is 19.3 Å². The van der Waals surface area contributed by atoms with Gasteiger partial charge in [-0.1, -0.05) is 19.1 Å². The number of carbonyl (C=O) groups is 2. The molecular weight excluding hydrogens is 322 g/mol. The first-order chi connectivity index (χ1) is 11.8. The number of allylic oxidation sites excluding steroid dienone is 1. The van der Waals surface area contributed by atoms with E-state index in [-0.39, 0.29) is 18.2 Å². The van der Waals surface area contributed by atoms with Gasteiger partial charge < -0.3 is 20.3 Å². The first kappa shape index (κ1) is 18.4. The highest BCUT2D eigenvalue weighted by molar-refractivity contribution is 6.00. The van der Waals surface area contributed by atoms with Crippen molar-refractivity contribution >= 4 is 11.9 Å². The molecule has 0 aromatic heterocycles. The van der Waals surface area contributed by atoms with E-state index in [1.807, 2.05) is 13.0 Å². The predicted molar refractivity (Wildman–Crippen MR) is 91.5 cm³/mol. The zero-order valence-corrected chi connectivity index (χ0v) is 15.0. The molecule has 3 N–H and O–H groups in total. The number of hydrogen-bond acceptors (Lipinski definition) is 5. The van der Waals surface area contributed by atoms with Gasteiger partial charge in [0.2, 0.25) is 5.91 Å². The first-order valence-electron chi connectivity index (χ1n) is 9.41. The Kier molecular flexibility index (Phi) is 4.95. The van der Waals surface area contributed by atoms with Crippen LogP contribution in [0.5, 0.6) is 0 Å². The number of esters is 1. The number of aliphatic hydroxyl groups is 2. The first-order valence-corrected chi connectivity index (χ1v) is 9.41. The number of amides is 1. The number of nitrogens with one attached hydrogen (secondary N) is 1. The van der Waals surface area contributed by atoms with Crippen LogP contribution in [0, 0.1) is 11.8 Å². The summed E-state index contributed by atoms with van der Waals surface area (Å²) in [5.41, 5.74) is -2.09. The Bertz CT molecular complexity index is 576. The van der Waals surface area contributed by atoms with Crippen molar-refractivity contribution in [1.82, 2.24) is 5.32 Å². The Morgan fingerprint density at radius 3 is 2.68 bits per heavy atom. The summed E-state index contributed by atoms with van der Waals surface area (Å²) in [4.78, 5) is 24.6. The van der Waals surface area contributed by atoms with Crippen molar-refractivity contribution in [2.75, 3.05) is 0 Å². The Balaban J connectivity index is 1.90. The van der Waals surface area contributed by atoms with Gasteiger partial charge in [0, 0.05) is 11.8 Å². The van der Waals surface area contributed by atoms with E-state index >= 15 is 0 Å². The Morgan fingerprint density at radius 1 is 1.36 bits per heavy atom. The Morgan fingerprint density at radius 2 is 2.12 bits per heavy atom. The van der Waals surface area contributed by atoms with Crippen molar-refractivity contribution in [3.63, 3.8) is 0 Å². The standard InChI is InChI=1S/C19H29NO5/c1-3-13(21)9-10-14(16(23)12-7-5-4-6-8-12)19-17(24)25-18(19,2)11-15(22)20-19/h5,7,12-14,16,21,23H,3-4,6,8-11H2,1-2H3,(H,20,22)/t12?,13?,14-,16+,18+,19+/m1/s1. The molecule has 0 saturated carbocycles. The van der Waals surface area contributed by atoms with Crippen LogP contribution in [0.1, 0.15) is 58.8 Å². The lowest BCUT2D eigenvalue weighted by Crippen LogP contribution is -2.77. The van der Waals surface area contributed by atoms with Gasteiger partial charge in [-0.25, -0.2) is 4.79 Å². The van der Waals surface area contributed by atoms with E-state index in [9.17, 15) is 19.8 Å². The maximum absolute atomic E-state index is 12.5. The van der Waals surface area contributed by atoms with Gasteiger partial charge in [0.1, 0.15) is 0 Å². The fourth-order valence-electron chi connectivity index (χ4n) is 4.74. The van der Waals surface area contributed by atoms with Crippen LogP contribution < -0.4 is 5.32 Å². The van der Waals surface area contributed by atoms with E-state index in [0.29, 0.717) is 19.3 Å². The molecular formula is C19H29NO5. The van der Waals surface area contributed by atoms with Crippen LogP contribution in [-0.4, -0.2) is 45.4 Å². The highest BCUT2D eigenvalue weighted by Gasteiger charge is 2.75. The smallest absolute Gasteiger partial charge is 0.337 e. The van der Waals surface area contributed by atoms with Crippen LogP contribution in [0.3, 0.4) is 0 Å². The topological polar surface area (TPSA) is 95.9 Å². The van der Waals surface area contributed by atoms with Crippen molar-refractivity contribution in [2.45, 2.75) is 82.1 Å². The zero-order chi connectivity index (χ0) is 18.2. The lowest BCUT2D eigenvalue weighted by molar-refractivity contribution is -0.228. The summed E-state index contributed by atoms with van der Waals surface area (Å²) >= 11 is 0. The molecule has 0 aromatic rings. The van der Waals surface area contributed by atoms with Gasteiger partial charge in [-0.2, -0.15) is 0 Å². The molecule has 2 saturated heterocycles. The van der Waals surface area contributed by atoms with Gasteiger partial charge in [-0.15, -0.1) is 0 Å². The van der Waals surface area contributed by atoms with Crippen LogP contribution in [0.15, 0.2) is 12.2 Å². The summed E-state index contributed by atoms with van der Waals surface area (Å²) in [6.45, 7) is 3.66. The number of carbonyl (C=O) groups excluding carboxylic acids is 2. The van der Waals surface area contributed by atoms with Gasteiger partial charge in [-0.05, 0) is 45.4 Å². The maximum Gasteiger partial charge on any atom is 0.337 e. The molecule has 2 heterocycles. The van der Waals surface area contributed by atoms with Crippen molar-refractivity contribution in [2.24, 2.45) is 11.8 Å². The minimum Gasteiger partial charge on any atom is -0.454 e. The average molecular weight is 351 g/mol. The lowest BCUT2D eigenvalue weighted by Gasteiger charge is -2.55. The molecule has 1 aliphatic carbocycles. The minimum absolute atomic E-state index is 0.0398. The summed E-state index contributed by atoms with van der Waals surface area (Å²) in [6.07, 6.45) is 7.41. The summed E-state index contributed by atoms with van der Waals surface area (Å²) in [5.74, 6) is -1.20. The molecule has 2 aliphatic heterocycles. The monoisotopic (exact) mass is 351 g/mol. The van der Waals surface area contributed by atoms with E-state index < -0.39 is 35.2 Å². The SMILES string of the molecule is CCC(O)CC[C@H]([C@@H](O)C1C=CCCC1)[C@@]12NC(=O)C[C@]1(C)OC2=O. The van der Waals surface area contributed by atoms with Crippen LogP contribution in [-0.2, 0) is 14.3 Å². The fraction of sp³-hybridized carbons (Fsp3) is 0.789. The molecule has 25 heavy (non-hydrogen) atoms. The second kappa shape index (κ2) is 6.72. The second-order valence-electron chi connectivity index (χ2n) is 7.91. The molecule has 2 unspecified atom stereocenters. The van der Waals surface area contributed by atoms with Gasteiger partial charge in [0.25, 0.3) is 0 Å². The molecule has 140 valence electrons. The third-order valence-corrected chi connectivity index (χ3v) is 6.29. The summed E-state index contributed by atoms with van der Waals surface area (Å²) < 4.78 is 5.36. The van der Waals surface area contributed by atoms with Crippen LogP contribution in [0.25, 0.3) is 0 Å². The molecule has 3 rings (SSSR count). The number of rotatable bonds is 7. The number of fused-ring (bicyclic) bond motifs is 1. The normalized spacial score (nSPS) is 37.5. The third-order valence-electron chi connectivity index (χ3n) is 6.29.